The summed E-state index contributed by atoms with van der Waals surface area (Å²) < 4.78 is 0. The highest BCUT2D eigenvalue weighted by Crippen LogP contribution is 2.23. The molecule has 88 valence electrons. The Morgan fingerprint density at radius 2 is 1.88 bits per heavy atom. The topological polar surface area (TPSA) is 37.8 Å². The molecule has 3 nitrogen and oxygen atoms in total. The van der Waals surface area contributed by atoms with E-state index in [1.807, 2.05) is 19.1 Å². The van der Waals surface area contributed by atoms with E-state index in [-0.39, 0.29) is 0 Å². The lowest BCUT2D eigenvalue weighted by molar-refractivity contribution is 1.02. The summed E-state index contributed by atoms with van der Waals surface area (Å²) in [5.74, 6) is 0.821. The summed E-state index contributed by atoms with van der Waals surface area (Å²) in [5, 5.41) is 11.6. The van der Waals surface area contributed by atoms with E-state index in [1.165, 1.54) is 11.1 Å². The van der Waals surface area contributed by atoms with Crippen LogP contribution in [-0.2, 0) is 0 Å². The SMILES string of the molecule is CCNc1ccc(-c2cccc(C)c2C)nn1. The lowest BCUT2D eigenvalue weighted by Gasteiger charge is -2.08. The number of hydrogen-bond acceptors (Lipinski definition) is 3. The van der Waals surface area contributed by atoms with Crippen molar-refractivity contribution in [2.75, 3.05) is 11.9 Å². The first kappa shape index (κ1) is 11.6. The molecule has 0 aliphatic heterocycles. The first-order valence-electron chi connectivity index (χ1n) is 5.86. The Hall–Kier alpha value is -1.90. The van der Waals surface area contributed by atoms with Crippen LogP contribution in [0.15, 0.2) is 30.3 Å². The molecule has 0 saturated carbocycles. The van der Waals surface area contributed by atoms with Gasteiger partial charge in [-0.15, -0.1) is 10.2 Å². The van der Waals surface area contributed by atoms with Crippen LogP contribution < -0.4 is 5.32 Å². The van der Waals surface area contributed by atoms with Crippen LogP contribution in [0.3, 0.4) is 0 Å². The summed E-state index contributed by atoms with van der Waals surface area (Å²) in [6.45, 7) is 7.13. The van der Waals surface area contributed by atoms with E-state index < -0.39 is 0 Å². The van der Waals surface area contributed by atoms with Crippen molar-refractivity contribution in [1.29, 1.82) is 0 Å². The minimum absolute atomic E-state index is 0.821. The first-order valence-corrected chi connectivity index (χ1v) is 5.86. The highest BCUT2D eigenvalue weighted by molar-refractivity contribution is 5.65. The van der Waals surface area contributed by atoms with Crippen molar-refractivity contribution >= 4 is 5.82 Å². The summed E-state index contributed by atoms with van der Waals surface area (Å²) in [4.78, 5) is 0. The van der Waals surface area contributed by atoms with E-state index in [1.54, 1.807) is 0 Å². The largest absolute Gasteiger partial charge is 0.369 e. The molecule has 0 bridgehead atoms. The number of aryl methyl sites for hydroxylation is 1. The fraction of sp³-hybridized carbons (Fsp3) is 0.286. The van der Waals surface area contributed by atoms with E-state index in [4.69, 9.17) is 0 Å². The number of nitrogens with one attached hydrogen (secondary N) is 1. The van der Waals surface area contributed by atoms with Crippen molar-refractivity contribution < 1.29 is 0 Å². The van der Waals surface area contributed by atoms with E-state index >= 15 is 0 Å². The molecule has 17 heavy (non-hydrogen) atoms. The molecule has 0 aliphatic carbocycles. The minimum Gasteiger partial charge on any atom is -0.369 e. The van der Waals surface area contributed by atoms with Gasteiger partial charge in [0.25, 0.3) is 0 Å². The van der Waals surface area contributed by atoms with Crippen molar-refractivity contribution in [3.8, 4) is 11.3 Å². The van der Waals surface area contributed by atoms with Gasteiger partial charge >= 0.3 is 0 Å². The highest BCUT2D eigenvalue weighted by atomic mass is 15.2. The van der Waals surface area contributed by atoms with Crippen molar-refractivity contribution in [2.45, 2.75) is 20.8 Å². The molecule has 0 saturated heterocycles. The maximum Gasteiger partial charge on any atom is 0.148 e. The molecule has 0 aliphatic rings. The third-order valence-electron chi connectivity index (χ3n) is 2.90. The molecule has 2 aromatic rings. The lowest BCUT2D eigenvalue weighted by Crippen LogP contribution is -2.01. The zero-order chi connectivity index (χ0) is 12.3. The van der Waals surface area contributed by atoms with Crippen LogP contribution in [0.4, 0.5) is 5.82 Å². The Balaban J connectivity index is 2.36. The average Bonchev–Trinajstić information content (AvgIpc) is 2.34. The Labute approximate surface area is 102 Å². The maximum absolute atomic E-state index is 4.26. The van der Waals surface area contributed by atoms with Gasteiger partial charge in [-0.25, -0.2) is 0 Å². The molecule has 0 radical (unpaired) electrons. The van der Waals surface area contributed by atoms with Crippen LogP contribution in [0.5, 0.6) is 0 Å². The van der Waals surface area contributed by atoms with Gasteiger partial charge < -0.3 is 5.32 Å². The van der Waals surface area contributed by atoms with Gasteiger partial charge in [0.2, 0.25) is 0 Å². The fourth-order valence-corrected chi connectivity index (χ4v) is 1.78. The van der Waals surface area contributed by atoms with Crippen LogP contribution in [0.1, 0.15) is 18.1 Å². The molecule has 1 N–H and O–H groups in total. The van der Waals surface area contributed by atoms with Crippen molar-refractivity contribution in [1.82, 2.24) is 10.2 Å². The molecule has 2 rings (SSSR count). The molecule has 0 fully saturated rings. The molecule has 0 unspecified atom stereocenters. The summed E-state index contributed by atoms with van der Waals surface area (Å²) in [6.07, 6.45) is 0. The lowest BCUT2D eigenvalue weighted by atomic mass is 10.0. The standard InChI is InChI=1S/C14H17N3/c1-4-15-14-9-8-13(16-17-14)12-7-5-6-10(2)11(12)3/h5-9H,4H2,1-3H3,(H,15,17). The van der Waals surface area contributed by atoms with Crippen LogP contribution in [0.2, 0.25) is 0 Å². The van der Waals surface area contributed by atoms with Gasteiger partial charge in [0.05, 0.1) is 5.69 Å². The van der Waals surface area contributed by atoms with Gasteiger partial charge in [-0.1, -0.05) is 18.2 Å². The zero-order valence-electron chi connectivity index (χ0n) is 10.5. The second-order valence-electron chi connectivity index (χ2n) is 4.08. The van der Waals surface area contributed by atoms with Crippen molar-refractivity contribution in [3.63, 3.8) is 0 Å². The van der Waals surface area contributed by atoms with Crippen LogP contribution in [0.25, 0.3) is 11.3 Å². The molecule has 0 atom stereocenters. The smallest absolute Gasteiger partial charge is 0.148 e. The summed E-state index contributed by atoms with van der Waals surface area (Å²) in [7, 11) is 0. The van der Waals surface area contributed by atoms with Gasteiger partial charge in [0.15, 0.2) is 0 Å². The van der Waals surface area contributed by atoms with Gasteiger partial charge in [0, 0.05) is 12.1 Å². The quantitative estimate of drug-likeness (QED) is 0.875. The molecule has 3 heteroatoms. The number of hydrogen-bond donors (Lipinski definition) is 1. The monoisotopic (exact) mass is 227 g/mol. The minimum atomic E-state index is 0.821. The molecule has 0 spiro atoms. The number of nitrogens with zero attached hydrogens (tertiary/aromatic N) is 2. The summed E-state index contributed by atoms with van der Waals surface area (Å²) in [6, 6.07) is 10.2. The zero-order valence-corrected chi connectivity index (χ0v) is 10.5. The normalized spacial score (nSPS) is 10.3. The number of rotatable bonds is 3. The maximum atomic E-state index is 4.26. The fourth-order valence-electron chi connectivity index (χ4n) is 1.78. The molecule has 1 aromatic carbocycles. The summed E-state index contributed by atoms with van der Waals surface area (Å²) in [5.41, 5.74) is 4.62. The number of anilines is 1. The van der Waals surface area contributed by atoms with Gasteiger partial charge in [-0.05, 0) is 44.0 Å². The van der Waals surface area contributed by atoms with E-state index in [2.05, 4.69) is 47.6 Å². The second kappa shape index (κ2) is 4.95. The Kier molecular flexibility index (Phi) is 3.38. The van der Waals surface area contributed by atoms with Gasteiger partial charge in [-0.2, -0.15) is 0 Å². The third kappa shape index (κ3) is 2.44. The average molecular weight is 227 g/mol. The van der Waals surface area contributed by atoms with E-state index in [0.29, 0.717) is 0 Å². The first-order chi connectivity index (χ1) is 8.22. The van der Waals surface area contributed by atoms with Crippen molar-refractivity contribution in [2.24, 2.45) is 0 Å². The predicted octanol–water partition coefficient (Wildman–Crippen LogP) is 3.19. The Bertz CT molecular complexity index is 503. The van der Waals surface area contributed by atoms with Crippen LogP contribution in [-0.4, -0.2) is 16.7 Å². The van der Waals surface area contributed by atoms with E-state index in [0.717, 1.165) is 23.6 Å². The highest BCUT2D eigenvalue weighted by Gasteiger charge is 2.05. The number of benzene rings is 1. The molecular formula is C14H17N3. The molecule has 0 amide bonds. The summed E-state index contributed by atoms with van der Waals surface area (Å²) >= 11 is 0. The van der Waals surface area contributed by atoms with Crippen LogP contribution >= 0.6 is 0 Å². The van der Waals surface area contributed by atoms with Crippen LogP contribution in [0, 0.1) is 13.8 Å². The Morgan fingerprint density at radius 1 is 1.06 bits per heavy atom. The van der Waals surface area contributed by atoms with E-state index in [9.17, 15) is 0 Å². The number of aromatic nitrogens is 2. The third-order valence-corrected chi connectivity index (χ3v) is 2.90. The van der Waals surface area contributed by atoms with Gasteiger partial charge in [-0.3, -0.25) is 0 Å². The predicted molar refractivity (Wildman–Crippen MR) is 71.1 cm³/mol. The molecule has 1 heterocycles. The van der Waals surface area contributed by atoms with Gasteiger partial charge in [0.1, 0.15) is 5.82 Å². The van der Waals surface area contributed by atoms with Crippen molar-refractivity contribution in [3.05, 3.63) is 41.5 Å². The second-order valence-corrected chi connectivity index (χ2v) is 4.08. The Morgan fingerprint density at radius 3 is 2.53 bits per heavy atom. The molecular weight excluding hydrogens is 210 g/mol. The molecule has 1 aromatic heterocycles.